The predicted octanol–water partition coefficient (Wildman–Crippen LogP) is 1.78. The van der Waals surface area contributed by atoms with Crippen LogP contribution in [0.1, 0.15) is 40.0 Å². The number of nitrogens with two attached hydrogens (primary N) is 1. The van der Waals surface area contributed by atoms with Gasteiger partial charge in [0.2, 0.25) is 0 Å². The molecule has 3 aliphatic rings. The van der Waals surface area contributed by atoms with E-state index in [0.717, 1.165) is 12.8 Å². The molecule has 3 rings (SSSR count). The van der Waals surface area contributed by atoms with Gasteiger partial charge in [-0.15, -0.1) is 0 Å². The molecule has 0 aromatic rings. The molecular formula is C23H40N2O7. The first kappa shape index (κ1) is 25.4. The number of hydrogen-bond acceptors (Lipinski definition) is 8. The van der Waals surface area contributed by atoms with Crippen LogP contribution < -0.4 is 11.1 Å². The van der Waals surface area contributed by atoms with E-state index in [4.69, 9.17) is 34.2 Å². The van der Waals surface area contributed by atoms with Gasteiger partial charge in [-0.2, -0.15) is 0 Å². The molecule has 9 heteroatoms. The van der Waals surface area contributed by atoms with Gasteiger partial charge in [-0.3, -0.25) is 0 Å². The van der Waals surface area contributed by atoms with Crippen LogP contribution in [0.2, 0.25) is 0 Å². The van der Waals surface area contributed by atoms with Gasteiger partial charge in [-0.1, -0.05) is 11.6 Å². The molecule has 6 atom stereocenters. The van der Waals surface area contributed by atoms with E-state index in [1.807, 2.05) is 0 Å². The van der Waals surface area contributed by atoms with Crippen molar-refractivity contribution >= 4 is 6.09 Å². The number of nitrogens with one attached hydrogen (secondary N) is 1. The minimum absolute atomic E-state index is 0.0129. The van der Waals surface area contributed by atoms with Crippen LogP contribution in [0.5, 0.6) is 0 Å². The fourth-order valence-electron chi connectivity index (χ4n) is 4.88. The van der Waals surface area contributed by atoms with E-state index in [1.54, 1.807) is 7.11 Å². The summed E-state index contributed by atoms with van der Waals surface area (Å²) in [7, 11) is 1.67. The molecule has 32 heavy (non-hydrogen) atoms. The zero-order chi connectivity index (χ0) is 23.2. The van der Waals surface area contributed by atoms with E-state index < -0.39 is 6.09 Å². The summed E-state index contributed by atoms with van der Waals surface area (Å²) in [6.07, 6.45) is 3.63. The van der Waals surface area contributed by atoms with Gasteiger partial charge in [0.1, 0.15) is 23.4 Å². The van der Waals surface area contributed by atoms with E-state index in [2.05, 4.69) is 32.2 Å². The number of methoxy groups -OCH3 is 1. The van der Waals surface area contributed by atoms with Gasteiger partial charge < -0.3 is 39.5 Å². The van der Waals surface area contributed by atoms with Crippen molar-refractivity contribution < 1.29 is 33.2 Å². The van der Waals surface area contributed by atoms with Crippen LogP contribution in [-0.2, 0) is 28.4 Å². The van der Waals surface area contributed by atoms with Crippen LogP contribution >= 0.6 is 0 Å². The maximum atomic E-state index is 12.4. The summed E-state index contributed by atoms with van der Waals surface area (Å²) in [6.45, 7) is 9.72. The van der Waals surface area contributed by atoms with Crippen molar-refractivity contribution in [3.8, 4) is 0 Å². The molecular weight excluding hydrogens is 416 g/mol. The maximum Gasteiger partial charge on any atom is 0.407 e. The second kappa shape index (κ2) is 11.3. The van der Waals surface area contributed by atoms with Gasteiger partial charge in [0.15, 0.2) is 0 Å². The number of ether oxygens (including phenoxy) is 6. The van der Waals surface area contributed by atoms with Crippen molar-refractivity contribution in [3.63, 3.8) is 0 Å². The van der Waals surface area contributed by atoms with Crippen molar-refractivity contribution in [1.29, 1.82) is 0 Å². The standard InChI is InChI=1S/C23H40N2O7/c1-16(2)5-6-18-22(3,32-18)20-19(27-4)17(7-8-23(20)15-30-23)31-21(26)25-10-12-29-14-13-28-11-9-24/h5,17-20H,6-15,24H2,1-4H3,(H,25,26)/t17?,18-,19?,20?,22?,23+/m1/s1. The summed E-state index contributed by atoms with van der Waals surface area (Å²) in [5, 5.41) is 2.75. The van der Waals surface area contributed by atoms with E-state index in [9.17, 15) is 4.79 Å². The molecule has 0 aromatic heterocycles. The predicted molar refractivity (Wildman–Crippen MR) is 118 cm³/mol. The summed E-state index contributed by atoms with van der Waals surface area (Å²) in [5.74, 6) is 0.0129. The highest BCUT2D eigenvalue weighted by Gasteiger charge is 2.72. The first-order chi connectivity index (χ1) is 15.4. The molecule has 0 radical (unpaired) electrons. The first-order valence-electron chi connectivity index (χ1n) is 11.6. The Morgan fingerprint density at radius 1 is 1.22 bits per heavy atom. The number of epoxide rings is 2. The van der Waals surface area contributed by atoms with Crippen LogP contribution in [0.25, 0.3) is 0 Å². The molecule has 0 aromatic carbocycles. The van der Waals surface area contributed by atoms with Crippen LogP contribution in [0.4, 0.5) is 4.79 Å². The normalized spacial score (nSPS) is 35.4. The second-order valence-electron chi connectivity index (χ2n) is 9.26. The summed E-state index contributed by atoms with van der Waals surface area (Å²) >= 11 is 0. The lowest BCUT2D eigenvalue weighted by molar-refractivity contribution is -0.118. The topological polar surface area (TPSA) is 117 Å². The lowest BCUT2D eigenvalue weighted by Gasteiger charge is -2.42. The highest BCUT2D eigenvalue weighted by atomic mass is 16.6. The molecule has 1 amide bonds. The summed E-state index contributed by atoms with van der Waals surface area (Å²) in [6, 6.07) is 0. The zero-order valence-electron chi connectivity index (χ0n) is 19.9. The van der Waals surface area contributed by atoms with Crippen molar-refractivity contribution in [1.82, 2.24) is 5.32 Å². The average Bonchev–Trinajstić information content (AvgIpc) is 3.67. The van der Waals surface area contributed by atoms with Gasteiger partial charge in [0, 0.05) is 20.2 Å². The monoisotopic (exact) mass is 456 g/mol. The van der Waals surface area contributed by atoms with Crippen LogP contribution in [0, 0.1) is 5.92 Å². The second-order valence-corrected chi connectivity index (χ2v) is 9.26. The summed E-state index contributed by atoms with van der Waals surface area (Å²) < 4.78 is 34.4. The first-order valence-corrected chi connectivity index (χ1v) is 11.6. The number of allylic oxidation sites excluding steroid dienone is 1. The molecule has 9 nitrogen and oxygen atoms in total. The van der Waals surface area contributed by atoms with E-state index in [0.29, 0.717) is 52.5 Å². The number of amides is 1. The largest absolute Gasteiger partial charge is 0.443 e. The van der Waals surface area contributed by atoms with Crippen molar-refractivity contribution in [2.24, 2.45) is 11.7 Å². The van der Waals surface area contributed by atoms with Gasteiger partial charge >= 0.3 is 6.09 Å². The minimum atomic E-state index is -0.464. The van der Waals surface area contributed by atoms with E-state index in [1.165, 1.54) is 5.57 Å². The van der Waals surface area contributed by atoms with Crippen LogP contribution in [0.15, 0.2) is 11.6 Å². The Balaban J connectivity index is 1.48. The molecule has 1 saturated carbocycles. The Morgan fingerprint density at radius 2 is 1.94 bits per heavy atom. The quantitative estimate of drug-likeness (QED) is 0.245. The Kier molecular flexibility index (Phi) is 8.94. The molecule has 1 spiro atoms. The Hall–Kier alpha value is -1.23. The number of alkyl carbamates (subject to hydrolysis) is 1. The zero-order valence-corrected chi connectivity index (χ0v) is 19.9. The van der Waals surface area contributed by atoms with Crippen LogP contribution in [-0.4, -0.2) is 88.8 Å². The molecule has 1 aliphatic carbocycles. The van der Waals surface area contributed by atoms with Gasteiger partial charge in [0.25, 0.3) is 0 Å². The number of carbonyl (C=O) groups is 1. The number of rotatable bonds is 13. The van der Waals surface area contributed by atoms with E-state index in [-0.39, 0.29) is 35.4 Å². The third kappa shape index (κ3) is 6.21. The maximum absolute atomic E-state index is 12.4. The van der Waals surface area contributed by atoms with Gasteiger partial charge in [-0.05, 0) is 40.0 Å². The lowest BCUT2D eigenvalue weighted by Crippen LogP contribution is -2.56. The third-order valence-corrected chi connectivity index (χ3v) is 6.65. The van der Waals surface area contributed by atoms with E-state index >= 15 is 0 Å². The highest BCUT2D eigenvalue weighted by Crippen LogP contribution is 2.59. The average molecular weight is 457 g/mol. The molecule has 4 unspecified atom stereocenters. The summed E-state index contributed by atoms with van der Waals surface area (Å²) in [5.41, 5.74) is 6.05. The molecule has 2 heterocycles. The smallest absolute Gasteiger partial charge is 0.407 e. The fourth-order valence-corrected chi connectivity index (χ4v) is 4.88. The number of hydrogen-bond donors (Lipinski definition) is 2. The van der Waals surface area contributed by atoms with Gasteiger partial charge in [0.05, 0.1) is 45.1 Å². The Morgan fingerprint density at radius 3 is 2.56 bits per heavy atom. The lowest BCUT2D eigenvalue weighted by atomic mass is 9.68. The highest BCUT2D eigenvalue weighted by molar-refractivity contribution is 5.67. The molecule has 2 saturated heterocycles. The van der Waals surface area contributed by atoms with Crippen LogP contribution in [0.3, 0.4) is 0 Å². The van der Waals surface area contributed by atoms with Crippen molar-refractivity contribution in [3.05, 3.63) is 11.6 Å². The molecule has 2 aliphatic heterocycles. The SMILES string of the molecule is COC1C(OC(=O)NCCOCCOCCN)CC[C@]2(CO2)C1C1(C)O[C@@H]1CC=C(C)C. The summed E-state index contributed by atoms with van der Waals surface area (Å²) in [4.78, 5) is 12.4. The Labute approximate surface area is 191 Å². The molecule has 184 valence electrons. The molecule has 3 fully saturated rings. The molecule has 0 bridgehead atoms. The van der Waals surface area contributed by atoms with Gasteiger partial charge in [-0.25, -0.2) is 4.79 Å². The van der Waals surface area contributed by atoms with Crippen molar-refractivity contribution in [2.75, 3.05) is 53.2 Å². The molecule has 3 N–H and O–H groups in total. The Bertz CT molecular complexity index is 650. The number of carbonyl (C=O) groups excluding carboxylic acids is 1. The fraction of sp³-hybridized carbons (Fsp3) is 0.870. The van der Waals surface area contributed by atoms with Crippen molar-refractivity contribution in [2.45, 2.75) is 69.5 Å². The third-order valence-electron chi connectivity index (χ3n) is 6.65. The minimum Gasteiger partial charge on any atom is -0.443 e.